The smallest absolute Gasteiger partial charge is 0.338 e. The van der Waals surface area contributed by atoms with E-state index in [2.05, 4.69) is 11.3 Å². The molecule has 1 aliphatic heterocycles. The number of carboxylic acid groups (broad SMARTS) is 1. The van der Waals surface area contributed by atoms with Gasteiger partial charge in [-0.2, -0.15) is 0 Å². The average Bonchev–Trinajstić information content (AvgIpc) is 2.36. The molecule has 0 aromatic heterocycles. The Bertz CT molecular complexity index is 235. The Morgan fingerprint density at radius 3 is 1.83 bits per heavy atom. The van der Waals surface area contributed by atoms with Crippen molar-refractivity contribution >= 4 is 17.9 Å². The molecule has 5 heteroatoms. The summed E-state index contributed by atoms with van der Waals surface area (Å²) < 4.78 is 3.97. The Labute approximate surface area is 67.9 Å². The molecule has 1 rings (SSSR count). The zero-order valence-corrected chi connectivity index (χ0v) is 6.02. The molecule has 0 aromatic carbocycles. The minimum atomic E-state index is -0.981. The SMILES string of the molecule is C=CC(=O)O.O=C1C=CC(=O)O1. The Morgan fingerprint density at radius 2 is 1.75 bits per heavy atom. The number of hydrogen-bond acceptors (Lipinski definition) is 4. The van der Waals surface area contributed by atoms with Crippen LogP contribution in [0, 0.1) is 0 Å². The second-order valence-corrected chi connectivity index (χ2v) is 1.62. The second kappa shape index (κ2) is 4.84. The van der Waals surface area contributed by atoms with E-state index in [4.69, 9.17) is 5.11 Å². The molecule has 0 radical (unpaired) electrons. The summed E-state index contributed by atoms with van der Waals surface area (Å²) >= 11 is 0. The molecule has 0 saturated heterocycles. The number of carbonyl (C=O) groups is 3. The quantitative estimate of drug-likeness (QED) is 0.337. The van der Waals surface area contributed by atoms with E-state index in [-0.39, 0.29) is 0 Å². The summed E-state index contributed by atoms with van der Waals surface area (Å²) in [5.74, 6) is -2.14. The molecule has 0 aromatic rings. The van der Waals surface area contributed by atoms with Crippen LogP contribution in [0.15, 0.2) is 24.8 Å². The van der Waals surface area contributed by atoms with Gasteiger partial charge in [0.05, 0.1) is 0 Å². The first-order valence-electron chi connectivity index (χ1n) is 2.85. The van der Waals surface area contributed by atoms with Crippen LogP contribution >= 0.6 is 0 Å². The van der Waals surface area contributed by atoms with Gasteiger partial charge in [0.2, 0.25) is 0 Å². The van der Waals surface area contributed by atoms with Crippen LogP contribution in [0.1, 0.15) is 0 Å². The van der Waals surface area contributed by atoms with Gasteiger partial charge in [0, 0.05) is 18.2 Å². The van der Waals surface area contributed by atoms with Crippen molar-refractivity contribution in [2.75, 3.05) is 0 Å². The molecule has 0 amide bonds. The summed E-state index contributed by atoms with van der Waals surface area (Å²) in [6, 6.07) is 0. The number of ether oxygens (including phenoxy) is 1. The second-order valence-electron chi connectivity index (χ2n) is 1.62. The molecule has 0 aliphatic carbocycles. The number of carbonyl (C=O) groups excluding carboxylic acids is 2. The first-order chi connectivity index (χ1) is 5.56. The van der Waals surface area contributed by atoms with E-state index < -0.39 is 17.9 Å². The first kappa shape index (κ1) is 10.1. The van der Waals surface area contributed by atoms with Gasteiger partial charge in [-0.3, -0.25) is 0 Å². The molecule has 0 atom stereocenters. The number of hydrogen-bond donors (Lipinski definition) is 1. The summed E-state index contributed by atoms with van der Waals surface area (Å²) in [5.41, 5.74) is 0. The lowest BCUT2D eigenvalue weighted by Gasteiger charge is -1.80. The normalized spacial score (nSPS) is 13.0. The molecule has 0 saturated carbocycles. The van der Waals surface area contributed by atoms with Crippen LogP contribution in [0.3, 0.4) is 0 Å². The van der Waals surface area contributed by atoms with Crippen LogP contribution in [0.25, 0.3) is 0 Å². The largest absolute Gasteiger partial charge is 0.478 e. The van der Waals surface area contributed by atoms with Gasteiger partial charge in [-0.1, -0.05) is 6.58 Å². The Hall–Kier alpha value is -1.91. The third kappa shape index (κ3) is 4.92. The highest BCUT2D eigenvalue weighted by atomic mass is 16.6. The van der Waals surface area contributed by atoms with Crippen molar-refractivity contribution in [2.45, 2.75) is 0 Å². The molecule has 1 N–H and O–H groups in total. The standard InChI is InChI=1S/C4H2O3.C3H4O2/c5-3-1-2-4(6)7-3;1-2-3(4)5/h1-2H;2H,1H2,(H,4,5). The van der Waals surface area contributed by atoms with Crippen molar-refractivity contribution in [3.05, 3.63) is 24.8 Å². The van der Waals surface area contributed by atoms with Crippen LogP contribution in [0.5, 0.6) is 0 Å². The first-order valence-corrected chi connectivity index (χ1v) is 2.85. The minimum absolute atomic E-state index is 0.579. The highest BCUT2D eigenvalue weighted by molar-refractivity contribution is 6.04. The number of rotatable bonds is 1. The van der Waals surface area contributed by atoms with Crippen molar-refractivity contribution in [3.8, 4) is 0 Å². The van der Waals surface area contributed by atoms with Gasteiger partial charge in [-0.25, -0.2) is 14.4 Å². The Kier molecular flexibility index (Phi) is 4.07. The zero-order chi connectivity index (χ0) is 9.56. The van der Waals surface area contributed by atoms with Crippen LogP contribution in [0.2, 0.25) is 0 Å². The van der Waals surface area contributed by atoms with Crippen LogP contribution in [-0.2, 0) is 19.1 Å². The van der Waals surface area contributed by atoms with E-state index in [0.717, 1.165) is 18.2 Å². The fourth-order valence-corrected chi connectivity index (χ4v) is 0.303. The molecule has 0 spiro atoms. The lowest BCUT2D eigenvalue weighted by Crippen LogP contribution is -1.96. The van der Waals surface area contributed by atoms with Crippen LogP contribution in [0.4, 0.5) is 0 Å². The third-order valence-electron chi connectivity index (χ3n) is 0.731. The average molecular weight is 170 g/mol. The van der Waals surface area contributed by atoms with Gasteiger partial charge in [-0.15, -0.1) is 0 Å². The summed E-state index contributed by atoms with van der Waals surface area (Å²) in [4.78, 5) is 29.1. The minimum Gasteiger partial charge on any atom is -0.478 e. The maximum Gasteiger partial charge on any atom is 0.338 e. The molecular formula is C7H6O5. The number of carboxylic acids is 1. The lowest BCUT2D eigenvalue weighted by molar-refractivity contribution is -0.150. The number of aliphatic carboxylic acids is 1. The fraction of sp³-hybridized carbons (Fsp3) is 0. The summed E-state index contributed by atoms with van der Waals surface area (Å²) in [6.45, 7) is 2.96. The third-order valence-corrected chi connectivity index (χ3v) is 0.731. The molecular weight excluding hydrogens is 164 g/mol. The monoisotopic (exact) mass is 170 g/mol. The Balaban J connectivity index is 0.000000217. The van der Waals surface area contributed by atoms with Gasteiger partial charge < -0.3 is 9.84 Å². The summed E-state index contributed by atoms with van der Waals surface area (Å²) in [6.07, 6.45) is 3.00. The van der Waals surface area contributed by atoms with E-state index in [1.54, 1.807) is 0 Å². The molecule has 5 nitrogen and oxygen atoms in total. The maximum atomic E-state index is 9.92. The van der Waals surface area contributed by atoms with Gasteiger partial charge in [0.15, 0.2) is 0 Å². The number of esters is 2. The highest BCUT2D eigenvalue weighted by Gasteiger charge is 2.10. The molecule has 0 bridgehead atoms. The zero-order valence-electron chi connectivity index (χ0n) is 6.02. The van der Waals surface area contributed by atoms with Crippen LogP contribution < -0.4 is 0 Å². The van der Waals surface area contributed by atoms with Gasteiger partial charge in [-0.05, 0) is 0 Å². The van der Waals surface area contributed by atoms with E-state index in [0.29, 0.717) is 0 Å². The Morgan fingerprint density at radius 1 is 1.42 bits per heavy atom. The summed E-state index contributed by atoms with van der Waals surface area (Å²) in [5, 5.41) is 7.60. The number of cyclic esters (lactones) is 2. The van der Waals surface area contributed by atoms with Crippen molar-refractivity contribution in [1.29, 1.82) is 0 Å². The van der Waals surface area contributed by atoms with Crippen molar-refractivity contribution in [3.63, 3.8) is 0 Å². The molecule has 0 unspecified atom stereocenters. The van der Waals surface area contributed by atoms with Gasteiger partial charge >= 0.3 is 17.9 Å². The van der Waals surface area contributed by atoms with Gasteiger partial charge in [0.25, 0.3) is 0 Å². The predicted molar refractivity (Wildman–Crippen MR) is 38.1 cm³/mol. The topological polar surface area (TPSA) is 80.7 Å². The molecule has 1 aliphatic rings. The molecule has 1 heterocycles. The van der Waals surface area contributed by atoms with Crippen molar-refractivity contribution in [2.24, 2.45) is 0 Å². The predicted octanol–water partition coefficient (Wildman–Crippen LogP) is -0.117. The molecule has 64 valence electrons. The van der Waals surface area contributed by atoms with Gasteiger partial charge in [0.1, 0.15) is 0 Å². The molecule has 0 fully saturated rings. The fourth-order valence-electron chi connectivity index (χ4n) is 0.303. The van der Waals surface area contributed by atoms with Crippen LogP contribution in [-0.4, -0.2) is 23.0 Å². The van der Waals surface area contributed by atoms with E-state index in [1.807, 2.05) is 0 Å². The maximum absolute atomic E-state index is 9.92. The van der Waals surface area contributed by atoms with Crippen molar-refractivity contribution < 1.29 is 24.2 Å². The molecule has 12 heavy (non-hydrogen) atoms. The highest BCUT2D eigenvalue weighted by Crippen LogP contribution is 1.92. The summed E-state index contributed by atoms with van der Waals surface area (Å²) in [7, 11) is 0. The van der Waals surface area contributed by atoms with E-state index >= 15 is 0 Å². The van der Waals surface area contributed by atoms with E-state index in [1.165, 1.54) is 0 Å². The van der Waals surface area contributed by atoms with E-state index in [9.17, 15) is 14.4 Å². The lowest BCUT2D eigenvalue weighted by atomic mass is 10.6. The van der Waals surface area contributed by atoms with Crippen molar-refractivity contribution in [1.82, 2.24) is 0 Å².